The van der Waals surface area contributed by atoms with Crippen LogP contribution in [0.3, 0.4) is 0 Å². The second kappa shape index (κ2) is 5.42. The van der Waals surface area contributed by atoms with Gasteiger partial charge in [-0.25, -0.2) is 4.57 Å². The highest BCUT2D eigenvalue weighted by Gasteiger charge is 2.30. The predicted molar refractivity (Wildman–Crippen MR) is 78.6 cm³/mol. The largest absolute Gasteiger partial charge is 0.205 e. The van der Waals surface area contributed by atoms with E-state index < -0.39 is 0 Å². The summed E-state index contributed by atoms with van der Waals surface area (Å²) in [7, 11) is 0. The molecule has 1 heteroatoms. The maximum absolute atomic E-state index is 2.35. The molecule has 18 heavy (non-hydrogen) atoms. The quantitative estimate of drug-likeness (QED) is 0.690. The van der Waals surface area contributed by atoms with Gasteiger partial charge in [0, 0.05) is 12.1 Å². The van der Waals surface area contributed by atoms with E-state index in [2.05, 4.69) is 77.6 Å². The monoisotopic (exact) mass is 248 g/mol. The van der Waals surface area contributed by atoms with Crippen molar-refractivity contribution >= 4 is 0 Å². The predicted octanol–water partition coefficient (Wildman–Crippen LogP) is 4.56. The minimum absolute atomic E-state index is 0.311. The van der Waals surface area contributed by atoms with Crippen molar-refractivity contribution in [3.05, 3.63) is 30.1 Å². The van der Waals surface area contributed by atoms with Crippen LogP contribution in [0.15, 0.2) is 24.5 Å². The molecule has 0 spiro atoms. The molecule has 0 aromatic carbocycles. The second-order valence-corrected chi connectivity index (χ2v) is 7.65. The highest BCUT2D eigenvalue weighted by Crippen LogP contribution is 2.42. The summed E-state index contributed by atoms with van der Waals surface area (Å²) in [5, 5.41) is 0. The van der Waals surface area contributed by atoms with Crippen LogP contribution in [0.2, 0.25) is 0 Å². The van der Waals surface area contributed by atoms with Gasteiger partial charge < -0.3 is 0 Å². The molecule has 102 valence electrons. The molecule has 1 nitrogen and oxygen atoms in total. The number of hydrogen-bond acceptors (Lipinski definition) is 0. The van der Waals surface area contributed by atoms with Gasteiger partial charge in [0.25, 0.3) is 0 Å². The van der Waals surface area contributed by atoms with Crippen LogP contribution >= 0.6 is 0 Å². The molecular formula is C17H30N+. The number of rotatable bonds is 3. The zero-order valence-corrected chi connectivity index (χ0v) is 13.2. The van der Waals surface area contributed by atoms with E-state index in [1.165, 1.54) is 12.0 Å². The Kier molecular flexibility index (Phi) is 4.58. The molecule has 1 unspecified atom stereocenters. The molecule has 0 aliphatic rings. The number of aromatic nitrogens is 1. The summed E-state index contributed by atoms with van der Waals surface area (Å²) in [6.45, 7) is 17.3. The van der Waals surface area contributed by atoms with Gasteiger partial charge in [0.1, 0.15) is 6.54 Å². The van der Waals surface area contributed by atoms with Gasteiger partial charge in [0.15, 0.2) is 12.4 Å². The van der Waals surface area contributed by atoms with Crippen LogP contribution < -0.4 is 4.57 Å². The zero-order valence-electron chi connectivity index (χ0n) is 13.2. The van der Waals surface area contributed by atoms with Gasteiger partial charge in [-0.2, -0.15) is 0 Å². The second-order valence-electron chi connectivity index (χ2n) is 7.65. The number of nitrogens with zero attached hydrogens (tertiary/aromatic N) is 1. The molecule has 0 bridgehead atoms. The Hall–Kier alpha value is -0.850. The smallest absolute Gasteiger partial charge is 0.169 e. The van der Waals surface area contributed by atoms with Gasteiger partial charge in [-0.05, 0) is 35.7 Å². The Morgan fingerprint density at radius 3 is 1.83 bits per heavy atom. The first-order valence-electron chi connectivity index (χ1n) is 7.12. The Morgan fingerprint density at radius 2 is 1.50 bits per heavy atom. The third-order valence-corrected chi connectivity index (χ3v) is 3.55. The van der Waals surface area contributed by atoms with E-state index in [1.54, 1.807) is 0 Å². The topological polar surface area (TPSA) is 3.88 Å². The summed E-state index contributed by atoms with van der Waals surface area (Å²) in [4.78, 5) is 0. The first-order valence-corrected chi connectivity index (χ1v) is 7.12. The van der Waals surface area contributed by atoms with Crippen LogP contribution in [-0.2, 0) is 6.54 Å². The average molecular weight is 248 g/mol. The van der Waals surface area contributed by atoms with E-state index in [-0.39, 0.29) is 0 Å². The number of pyridine rings is 1. The maximum atomic E-state index is 2.35. The summed E-state index contributed by atoms with van der Waals surface area (Å²) in [5.41, 5.74) is 2.15. The van der Waals surface area contributed by atoms with Crippen molar-refractivity contribution in [3.63, 3.8) is 0 Å². The first kappa shape index (κ1) is 15.2. The Balaban J connectivity index is 3.02. The third kappa shape index (κ3) is 4.44. The Bertz CT molecular complexity index is 362. The summed E-state index contributed by atoms with van der Waals surface area (Å²) < 4.78 is 2.22. The minimum atomic E-state index is 0.311. The van der Waals surface area contributed by atoms with Gasteiger partial charge in [-0.1, -0.05) is 41.5 Å². The number of aryl methyl sites for hydroxylation is 1. The van der Waals surface area contributed by atoms with Gasteiger partial charge in [0.05, 0.1) is 0 Å². The van der Waals surface area contributed by atoms with Crippen molar-refractivity contribution in [2.24, 2.45) is 10.8 Å². The van der Waals surface area contributed by atoms with Gasteiger partial charge in [-0.3, -0.25) is 0 Å². The van der Waals surface area contributed by atoms with E-state index in [0.29, 0.717) is 16.7 Å². The normalized spacial score (nSPS) is 14.6. The van der Waals surface area contributed by atoms with Gasteiger partial charge in [-0.15, -0.1) is 0 Å². The van der Waals surface area contributed by atoms with E-state index in [4.69, 9.17) is 0 Å². The third-order valence-electron chi connectivity index (χ3n) is 3.55. The fourth-order valence-corrected chi connectivity index (χ4v) is 2.45. The molecule has 0 saturated heterocycles. The van der Waals surface area contributed by atoms with Crippen LogP contribution in [0.1, 0.15) is 66.4 Å². The van der Waals surface area contributed by atoms with E-state index in [0.717, 1.165) is 6.54 Å². The average Bonchev–Trinajstić information content (AvgIpc) is 2.24. The molecule has 0 amide bonds. The van der Waals surface area contributed by atoms with Crippen molar-refractivity contribution in [2.75, 3.05) is 0 Å². The van der Waals surface area contributed by atoms with Crippen molar-refractivity contribution in [2.45, 2.75) is 67.3 Å². The molecule has 0 fully saturated rings. The van der Waals surface area contributed by atoms with Crippen molar-refractivity contribution in [3.8, 4) is 0 Å². The molecule has 0 aliphatic heterocycles. The van der Waals surface area contributed by atoms with Crippen LogP contribution in [-0.4, -0.2) is 0 Å². The van der Waals surface area contributed by atoms with Crippen molar-refractivity contribution in [1.29, 1.82) is 0 Å². The Morgan fingerprint density at radius 1 is 1.00 bits per heavy atom. The molecule has 0 saturated carbocycles. The molecule has 0 radical (unpaired) electrons. The van der Waals surface area contributed by atoms with E-state index in [9.17, 15) is 0 Å². The number of hydrogen-bond donors (Lipinski definition) is 0. The van der Waals surface area contributed by atoms with Crippen LogP contribution in [0.5, 0.6) is 0 Å². The summed E-state index contributed by atoms with van der Waals surface area (Å²) in [6.07, 6.45) is 5.64. The highest BCUT2D eigenvalue weighted by molar-refractivity contribution is 5.17. The van der Waals surface area contributed by atoms with Gasteiger partial charge >= 0.3 is 0 Å². The van der Waals surface area contributed by atoms with Crippen LogP contribution in [0.4, 0.5) is 0 Å². The van der Waals surface area contributed by atoms with Crippen LogP contribution in [0, 0.1) is 10.8 Å². The minimum Gasteiger partial charge on any atom is -0.205 e. The maximum Gasteiger partial charge on any atom is 0.169 e. The summed E-state index contributed by atoms with van der Waals surface area (Å²) in [5.74, 6) is 0.615. The molecule has 1 aromatic heterocycles. The lowest BCUT2D eigenvalue weighted by Crippen LogP contribution is -2.32. The molecule has 0 aliphatic carbocycles. The van der Waals surface area contributed by atoms with Crippen molar-refractivity contribution < 1.29 is 4.57 Å². The summed E-state index contributed by atoms with van der Waals surface area (Å²) >= 11 is 0. The van der Waals surface area contributed by atoms with E-state index >= 15 is 0 Å². The lowest BCUT2D eigenvalue weighted by molar-refractivity contribution is -0.693. The molecule has 1 heterocycles. The van der Waals surface area contributed by atoms with Crippen LogP contribution in [0.25, 0.3) is 0 Å². The summed E-state index contributed by atoms with van der Waals surface area (Å²) in [6, 6.07) is 4.59. The Labute approximate surface area is 113 Å². The lowest BCUT2D eigenvalue weighted by atomic mass is 9.69. The molecule has 1 aromatic rings. The van der Waals surface area contributed by atoms with Crippen molar-refractivity contribution in [1.82, 2.24) is 0 Å². The highest BCUT2D eigenvalue weighted by atomic mass is 14.9. The molecule has 0 N–H and O–H groups in total. The molecular weight excluding hydrogens is 218 g/mol. The SMILES string of the molecule is CC[n+]1ccc(C(CC(C)(C)C)C(C)(C)C)cc1. The molecule has 1 rings (SSSR count). The standard InChI is InChI=1S/C17H30N/c1-8-18-11-9-14(10-12-18)15(17(5,6)7)13-16(2,3)4/h9-12,15H,8,13H2,1-7H3/q+1. The fraction of sp³-hybridized carbons (Fsp3) is 0.706. The fourth-order valence-electron chi connectivity index (χ4n) is 2.45. The first-order chi connectivity index (χ1) is 8.13. The zero-order chi connectivity index (χ0) is 14.0. The van der Waals surface area contributed by atoms with E-state index in [1.807, 2.05) is 0 Å². The van der Waals surface area contributed by atoms with Gasteiger partial charge in [0.2, 0.25) is 0 Å². The molecule has 1 atom stereocenters. The lowest BCUT2D eigenvalue weighted by Gasteiger charge is -2.35.